The molecule has 1 atom stereocenters. The lowest BCUT2D eigenvalue weighted by atomic mass is 10.1. The summed E-state index contributed by atoms with van der Waals surface area (Å²) >= 11 is 0. The number of carbonyl (C=O) groups excluding carboxylic acids is 1. The number of anilines is 1. The molecule has 1 aromatic carbocycles. The predicted molar refractivity (Wildman–Crippen MR) is 75.1 cm³/mol. The number of hydrogen-bond donors (Lipinski definition) is 2. The highest BCUT2D eigenvalue weighted by Gasteiger charge is 2.17. The number of likely N-dealkylation sites (N-methyl/N-ethyl adjacent to an activating group) is 1. The van der Waals surface area contributed by atoms with Gasteiger partial charge in [-0.15, -0.1) is 0 Å². The highest BCUT2D eigenvalue weighted by atomic mass is 16.2. The van der Waals surface area contributed by atoms with Crippen molar-refractivity contribution < 1.29 is 4.79 Å². The Morgan fingerprint density at radius 3 is 2.56 bits per heavy atom. The SMILES string of the molecule is CCCNC(=O)C(C)N(C)Cc1ccc(N)cc1. The van der Waals surface area contributed by atoms with E-state index >= 15 is 0 Å². The summed E-state index contributed by atoms with van der Waals surface area (Å²) in [5, 5.41) is 2.91. The van der Waals surface area contributed by atoms with E-state index in [9.17, 15) is 4.79 Å². The Hall–Kier alpha value is -1.55. The van der Waals surface area contributed by atoms with E-state index in [-0.39, 0.29) is 11.9 Å². The molecule has 0 aliphatic rings. The van der Waals surface area contributed by atoms with E-state index in [0.717, 1.165) is 30.8 Å². The standard InChI is InChI=1S/C14H23N3O/c1-4-9-16-14(18)11(2)17(3)10-12-5-7-13(15)8-6-12/h5-8,11H,4,9-10,15H2,1-3H3,(H,16,18). The summed E-state index contributed by atoms with van der Waals surface area (Å²) in [6.07, 6.45) is 0.958. The van der Waals surface area contributed by atoms with Gasteiger partial charge in [0.25, 0.3) is 0 Å². The zero-order chi connectivity index (χ0) is 13.5. The van der Waals surface area contributed by atoms with Crippen LogP contribution in [0, 0.1) is 0 Å². The van der Waals surface area contributed by atoms with Gasteiger partial charge in [0.05, 0.1) is 6.04 Å². The lowest BCUT2D eigenvalue weighted by molar-refractivity contribution is -0.125. The number of hydrogen-bond acceptors (Lipinski definition) is 3. The van der Waals surface area contributed by atoms with Crippen molar-refractivity contribution in [2.24, 2.45) is 0 Å². The van der Waals surface area contributed by atoms with Crippen molar-refractivity contribution in [1.29, 1.82) is 0 Å². The minimum absolute atomic E-state index is 0.0785. The van der Waals surface area contributed by atoms with Crippen molar-refractivity contribution in [3.05, 3.63) is 29.8 Å². The maximum atomic E-state index is 11.8. The van der Waals surface area contributed by atoms with E-state index < -0.39 is 0 Å². The van der Waals surface area contributed by atoms with Crippen molar-refractivity contribution in [3.8, 4) is 0 Å². The monoisotopic (exact) mass is 249 g/mol. The molecule has 1 aromatic rings. The summed E-state index contributed by atoms with van der Waals surface area (Å²) in [6.45, 7) is 5.44. The first-order valence-electron chi connectivity index (χ1n) is 6.37. The van der Waals surface area contributed by atoms with Crippen molar-refractivity contribution in [2.45, 2.75) is 32.9 Å². The third-order valence-corrected chi connectivity index (χ3v) is 3.00. The molecule has 1 amide bonds. The summed E-state index contributed by atoms with van der Waals surface area (Å²) in [6, 6.07) is 7.61. The zero-order valence-corrected chi connectivity index (χ0v) is 11.4. The third kappa shape index (κ3) is 4.37. The molecule has 0 radical (unpaired) electrons. The molecule has 1 unspecified atom stereocenters. The van der Waals surface area contributed by atoms with Crippen LogP contribution in [0.5, 0.6) is 0 Å². The lowest BCUT2D eigenvalue weighted by Gasteiger charge is -2.23. The summed E-state index contributed by atoms with van der Waals surface area (Å²) in [5.74, 6) is 0.0785. The number of benzene rings is 1. The van der Waals surface area contributed by atoms with Gasteiger partial charge in [-0.25, -0.2) is 0 Å². The number of rotatable bonds is 6. The van der Waals surface area contributed by atoms with Gasteiger partial charge in [-0.1, -0.05) is 19.1 Å². The van der Waals surface area contributed by atoms with Crippen LogP contribution in [0.2, 0.25) is 0 Å². The van der Waals surface area contributed by atoms with Crippen LogP contribution in [0.4, 0.5) is 5.69 Å². The van der Waals surface area contributed by atoms with Gasteiger partial charge < -0.3 is 11.1 Å². The number of nitrogen functional groups attached to an aromatic ring is 1. The van der Waals surface area contributed by atoms with Crippen molar-refractivity contribution in [3.63, 3.8) is 0 Å². The predicted octanol–water partition coefficient (Wildman–Crippen LogP) is 1.62. The van der Waals surface area contributed by atoms with Gasteiger partial charge in [0.2, 0.25) is 5.91 Å². The fourth-order valence-corrected chi connectivity index (χ4v) is 1.64. The molecule has 0 saturated heterocycles. The number of amides is 1. The molecular weight excluding hydrogens is 226 g/mol. The second kappa shape index (κ2) is 7.01. The minimum atomic E-state index is -0.130. The molecule has 18 heavy (non-hydrogen) atoms. The lowest BCUT2D eigenvalue weighted by Crippen LogP contribution is -2.43. The molecule has 0 aliphatic heterocycles. The normalized spacial score (nSPS) is 12.4. The van der Waals surface area contributed by atoms with Crippen molar-refractivity contribution in [2.75, 3.05) is 19.3 Å². The Bertz CT molecular complexity index is 375. The molecule has 0 heterocycles. The molecule has 0 bridgehead atoms. The highest BCUT2D eigenvalue weighted by molar-refractivity contribution is 5.81. The van der Waals surface area contributed by atoms with E-state index in [1.165, 1.54) is 0 Å². The maximum Gasteiger partial charge on any atom is 0.237 e. The Morgan fingerprint density at radius 1 is 1.39 bits per heavy atom. The molecule has 0 aliphatic carbocycles. The molecule has 1 rings (SSSR count). The van der Waals surface area contributed by atoms with Gasteiger partial charge in [-0.05, 0) is 38.1 Å². The quantitative estimate of drug-likeness (QED) is 0.753. The van der Waals surface area contributed by atoms with E-state index in [4.69, 9.17) is 5.73 Å². The molecule has 0 aromatic heterocycles. The second-order valence-electron chi connectivity index (χ2n) is 4.62. The average Bonchev–Trinajstić information content (AvgIpc) is 2.37. The van der Waals surface area contributed by atoms with Crippen LogP contribution in [-0.4, -0.2) is 30.4 Å². The van der Waals surface area contributed by atoms with Crippen molar-refractivity contribution in [1.82, 2.24) is 10.2 Å². The first kappa shape index (κ1) is 14.5. The van der Waals surface area contributed by atoms with Crippen LogP contribution in [0.15, 0.2) is 24.3 Å². The third-order valence-electron chi connectivity index (χ3n) is 3.00. The Morgan fingerprint density at radius 2 is 2.00 bits per heavy atom. The minimum Gasteiger partial charge on any atom is -0.399 e. The summed E-state index contributed by atoms with van der Waals surface area (Å²) in [5.41, 5.74) is 7.56. The van der Waals surface area contributed by atoms with Gasteiger partial charge in [-0.2, -0.15) is 0 Å². The summed E-state index contributed by atoms with van der Waals surface area (Å²) in [4.78, 5) is 13.8. The van der Waals surface area contributed by atoms with Gasteiger partial charge in [0.1, 0.15) is 0 Å². The first-order chi connectivity index (χ1) is 8.54. The number of nitrogens with zero attached hydrogens (tertiary/aromatic N) is 1. The molecule has 0 spiro atoms. The molecular formula is C14H23N3O. The highest BCUT2D eigenvalue weighted by Crippen LogP contribution is 2.09. The molecule has 3 N–H and O–H groups in total. The molecule has 4 heteroatoms. The van der Waals surface area contributed by atoms with E-state index in [0.29, 0.717) is 0 Å². The van der Waals surface area contributed by atoms with Crippen LogP contribution in [0.25, 0.3) is 0 Å². The molecule has 100 valence electrons. The van der Waals surface area contributed by atoms with Gasteiger partial charge >= 0.3 is 0 Å². The van der Waals surface area contributed by atoms with E-state index in [1.807, 2.05) is 50.1 Å². The van der Waals surface area contributed by atoms with E-state index in [2.05, 4.69) is 5.32 Å². The number of carbonyl (C=O) groups is 1. The number of nitrogens with two attached hydrogens (primary N) is 1. The topological polar surface area (TPSA) is 58.4 Å². The zero-order valence-electron chi connectivity index (χ0n) is 11.4. The fraction of sp³-hybridized carbons (Fsp3) is 0.500. The maximum absolute atomic E-state index is 11.8. The number of nitrogens with one attached hydrogen (secondary N) is 1. The smallest absolute Gasteiger partial charge is 0.237 e. The van der Waals surface area contributed by atoms with Crippen LogP contribution in [0.1, 0.15) is 25.8 Å². The Kier molecular flexibility index (Phi) is 5.65. The second-order valence-corrected chi connectivity index (χ2v) is 4.62. The fourth-order valence-electron chi connectivity index (χ4n) is 1.64. The average molecular weight is 249 g/mol. The van der Waals surface area contributed by atoms with Gasteiger partial charge in [0, 0.05) is 18.8 Å². The van der Waals surface area contributed by atoms with E-state index in [1.54, 1.807) is 0 Å². The summed E-state index contributed by atoms with van der Waals surface area (Å²) in [7, 11) is 1.95. The van der Waals surface area contributed by atoms with Gasteiger partial charge in [0.15, 0.2) is 0 Å². The molecule has 0 fully saturated rings. The Labute approximate surface area is 109 Å². The molecule has 0 saturated carbocycles. The first-order valence-corrected chi connectivity index (χ1v) is 6.37. The molecule has 4 nitrogen and oxygen atoms in total. The van der Waals surface area contributed by atoms with Crippen molar-refractivity contribution >= 4 is 11.6 Å². The van der Waals surface area contributed by atoms with Gasteiger partial charge in [-0.3, -0.25) is 9.69 Å². The van der Waals surface area contributed by atoms with Crippen LogP contribution in [-0.2, 0) is 11.3 Å². The van der Waals surface area contributed by atoms with Crippen LogP contribution >= 0.6 is 0 Å². The largest absolute Gasteiger partial charge is 0.399 e. The van der Waals surface area contributed by atoms with Crippen LogP contribution in [0.3, 0.4) is 0 Å². The Balaban J connectivity index is 2.51. The van der Waals surface area contributed by atoms with Crippen LogP contribution < -0.4 is 11.1 Å². The summed E-state index contributed by atoms with van der Waals surface area (Å²) < 4.78 is 0.